The maximum atomic E-state index is 11.1. The molecule has 0 aliphatic carbocycles. The lowest BCUT2D eigenvalue weighted by atomic mass is 10.2. The smallest absolute Gasteiger partial charge is 0.371 e. The van der Waals surface area contributed by atoms with E-state index in [4.69, 9.17) is 4.74 Å². The second-order valence-electron chi connectivity index (χ2n) is 5.84. The van der Waals surface area contributed by atoms with E-state index in [0.29, 0.717) is 12.2 Å². The fraction of sp³-hybridized carbons (Fsp3) is 0.615. The number of halogens is 1. The number of nitro groups is 1. The summed E-state index contributed by atoms with van der Waals surface area (Å²) in [5.41, 5.74) is 0.340. The Morgan fingerprint density at radius 1 is 1.55 bits per heavy atom. The number of ether oxygens (including phenoxy) is 1. The molecule has 1 atom stereocenters. The first-order chi connectivity index (χ1) is 9.26. The van der Waals surface area contributed by atoms with Gasteiger partial charge < -0.3 is 19.8 Å². The number of nitrogens with zero attached hydrogens (tertiary/aromatic N) is 3. The maximum absolute atomic E-state index is 11.1. The topological polar surface area (TPSA) is 68.5 Å². The first-order valence-corrected chi connectivity index (χ1v) is 7.28. The highest BCUT2D eigenvalue weighted by molar-refractivity contribution is 9.10. The predicted octanol–water partition coefficient (Wildman–Crippen LogP) is 3.15. The lowest BCUT2D eigenvalue weighted by molar-refractivity contribution is -0.388. The zero-order valence-electron chi connectivity index (χ0n) is 11.8. The molecule has 1 aromatic rings. The van der Waals surface area contributed by atoms with E-state index >= 15 is 0 Å². The van der Waals surface area contributed by atoms with Crippen molar-refractivity contribution in [3.8, 4) is 0 Å². The van der Waals surface area contributed by atoms with Gasteiger partial charge in [0.2, 0.25) is 0 Å². The third-order valence-electron chi connectivity index (χ3n) is 2.99. The van der Waals surface area contributed by atoms with Crippen LogP contribution in [0.15, 0.2) is 16.7 Å². The quantitative estimate of drug-likeness (QED) is 0.622. The van der Waals surface area contributed by atoms with E-state index in [1.165, 1.54) is 6.20 Å². The van der Waals surface area contributed by atoms with Crippen LogP contribution in [0.25, 0.3) is 0 Å². The molecule has 20 heavy (non-hydrogen) atoms. The zero-order valence-corrected chi connectivity index (χ0v) is 13.4. The molecule has 1 saturated heterocycles. The Hall–Kier alpha value is -1.21. The third-order valence-corrected chi connectivity index (χ3v) is 3.43. The van der Waals surface area contributed by atoms with E-state index in [9.17, 15) is 10.1 Å². The van der Waals surface area contributed by atoms with Crippen molar-refractivity contribution in [3.63, 3.8) is 0 Å². The summed E-state index contributed by atoms with van der Waals surface area (Å²) in [6, 6.07) is 1.74. The van der Waals surface area contributed by atoms with Crippen LogP contribution < -0.4 is 4.90 Å². The van der Waals surface area contributed by atoms with Crippen molar-refractivity contribution in [1.29, 1.82) is 0 Å². The van der Waals surface area contributed by atoms with Crippen molar-refractivity contribution >= 4 is 27.4 Å². The van der Waals surface area contributed by atoms with Gasteiger partial charge in [-0.15, -0.1) is 0 Å². The molecule has 6 nitrogen and oxygen atoms in total. The molecule has 0 aromatic carbocycles. The minimum absolute atomic E-state index is 0.0913. The van der Waals surface area contributed by atoms with Gasteiger partial charge in [-0.2, -0.15) is 0 Å². The second-order valence-corrected chi connectivity index (χ2v) is 6.76. The van der Waals surface area contributed by atoms with Crippen molar-refractivity contribution in [3.05, 3.63) is 26.9 Å². The van der Waals surface area contributed by atoms with E-state index in [0.717, 1.165) is 17.4 Å². The summed E-state index contributed by atoms with van der Waals surface area (Å²) < 4.78 is 6.67. The molecule has 0 unspecified atom stereocenters. The SMILES string of the molecule is CC(C)(C)O[C@@H]1CCN(c2cc(Br)cnc2[N+](=O)[O-])C1. The predicted molar refractivity (Wildman–Crippen MR) is 80.0 cm³/mol. The zero-order chi connectivity index (χ0) is 14.9. The second kappa shape index (κ2) is 5.65. The Balaban J connectivity index is 2.17. The maximum Gasteiger partial charge on any atom is 0.387 e. The van der Waals surface area contributed by atoms with Crippen LogP contribution in [0.2, 0.25) is 0 Å². The Bertz CT molecular complexity index is 516. The molecule has 0 saturated carbocycles. The standard InChI is InChI=1S/C13H18BrN3O3/c1-13(2,3)20-10-4-5-16(8-10)11-6-9(14)7-15-12(11)17(18)19/h6-7,10H,4-5,8H2,1-3H3/t10-/m1/s1. The average Bonchev–Trinajstić information content (AvgIpc) is 2.74. The Morgan fingerprint density at radius 3 is 2.85 bits per heavy atom. The number of rotatable bonds is 3. The van der Waals surface area contributed by atoms with Gasteiger partial charge in [0.1, 0.15) is 5.69 Å². The molecule has 110 valence electrons. The van der Waals surface area contributed by atoms with Gasteiger partial charge in [0.15, 0.2) is 6.20 Å². The Morgan fingerprint density at radius 2 is 2.25 bits per heavy atom. The van der Waals surface area contributed by atoms with Crippen LogP contribution >= 0.6 is 15.9 Å². The summed E-state index contributed by atoms with van der Waals surface area (Å²) in [4.78, 5) is 16.5. The van der Waals surface area contributed by atoms with Crippen molar-refractivity contribution in [2.45, 2.75) is 38.9 Å². The van der Waals surface area contributed by atoms with E-state index in [1.54, 1.807) is 6.07 Å². The average molecular weight is 344 g/mol. The molecule has 0 radical (unpaired) electrons. The lowest BCUT2D eigenvalue weighted by Crippen LogP contribution is -2.30. The molecule has 1 fully saturated rings. The van der Waals surface area contributed by atoms with E-state index in [2.05, 4.69) is 20.9 Å². The minimum atomic E-state index is -0.445. The van der Waals surface area contributed by atoms with Crippen molar-refractivity contribution < 1.29 is 9.66 Å². The van der Waals surface area contributed by atoms with Gasteiger partial charge >= 0.3 is 5.82 Å². The number of aromatic nitrogens is 1. The monoisotopic (exact) mass is 343 g/mol. The normalized spacial score (nSPS) is 19.4. The molecule has 0 N–H and O–H groups in total. The molecular weight excluding hydrogens is 326 g/mol. The molecule has 2 heterocycles. The Kier molecular flexibility index (Phi) is 4.29. The van der Waals surface area contributed by atoms with E-state index < -0.39 is 4.92 Å². The van der Waals surface area contributed by atoms with Gasteiger partial charge in [0.25, 0.3) is 0 Å². The molecule has 2 rings (SSSR count). The van der Waals surface area contributed by atoms with Crippen LogP contribution in [-0.2, 0) is 4.74 Å². The molecule has 1 aliphatic rings. The van der Waals surface area contributed by atoms with Crippen LogP contribution in [0.4, 0.5) is 11.5 Å². The van der Waals surface area contributed by atoms with E-state index in [1.807, 2.05) is 25.7 Å². The number of hydrogen-bond donors (Lipinski definition) is 0. The van der Waals surface area contributed by atoms with Crippen molar-refractivity contribution in [2.24, 2.45) is 0 Å². The molecular formula is C13H18BrN3O3. The van der Waals surface area contributed by atoms with Gasteiger partial charge in [-0.05, 0) is 59.1 Å². The van der Waals surface area contributed by atoms with Crippen LogP contribution in [0.1, 0.15) is 27.2 Å². The number of anilines is 1. The third kappa shape index (κ3) is 3.67. The largest absolute Gasteiger partial charge is 0.387 e. The highest BCUT2D eigenvalue weighted by Gasteiger charge is 2.31. The Labute approximate surface area is 126 Å². The van der Waals surface area contributed by atoms with Gasteiger partial charge in [-0.25, -0.2) is 0 Å². The summed E-state index contributed by atoms with van der Waals surface area (Å²) in [6.07, 6.45) is 2.40. The first-order valence-electron chi connectivity index (χ1n) is 6.49. The molecule has 0 bridgehead atoms. The van der Waals surface area contributed by atoms with Crippen LogP contribution in [0, 0.1) is 10.1 Å². The lowest BCUT2D eigenvalue weighted by Gasteiger charge is -2.25. The first kappa shape index (κ1) is 15.2. The number of pyridine rings is 1. The fourth-order valence-corrected chi connectivity index (χ4v) is 2.66. The highest BCUT2D eigenvalue weighted by atomic mass is 79.9. The van der Waals surface area contributed by atoms with Crippen LogP contribution in [0.3, 0.4) is 0 Å². The molecule has 0 spiro atoms. The summed E-state index contributed by atoms with van der Waals surface area (Å²) in [5.74, 6) is -0.107. The van der Waals surface area contributed by atoms with Crippen molar-refractivity contribution in [2.75, 3.05) is 18.0 Å². The summed E-state index contributed by atoms with van der Waals surface area (Å²) >= 11 is 3.31. The van der Waals surface area contributed by atoms with Gasteiger partial charge in [-0.1, -0.05) is 0 Å². The molecule has 1 aliphatic heterocycles. The molecule has 1 aromatic heterocycles. The van der Waals surface area contributed by atoms with Crippen molar-refractivity contribution in [1.82, 2.24) is 4.98 Å². The summed E-state index contributed by atoms with van der Waals surface area (Å²) in [6.45, 7) is 7.42. The molecule has 7 heteroatoms. The molecule has 0 amide bonds. The van der Waals surface area contributed by atoms with Gasteiger partial charge in [0, 0.05) is 13.1 Å². The summed E-state index contributed by atoms with van der Waals surface area (Å²) in [5, 5.41) is 11.1. The minimum Gasteiger partial charge on any atom is -0.371 e. The van der Waals surface area contributed by atoms with Gasteiger partial charge in [0.05, 0.1) is 16.2 Å². The highest BCUT2D eigenvalue weighted by Crippen LogP contribution is 2.32. The fourth-order valence-electron chi connectivity index (χ4n) is 2.34. The van der Waals surface area contributed by atoms with Gasteiger partial charge in [-0.3, -0.25) is 0 Å². The van der Waals surface area contributed by atoms with E-state index in [-0.39, 0.29) is 17.5 Å². The summed E-state index contributed by atoms with van der Waals surface area (Å²) in [7, 11) is 0. The number of hydrogen-bond acceptors (Lipinski definition) is 5. The van der Waals surface area contributed by atoms with Crippen LogP contribution in [0.5, 0.6) is 0 Å². The van der Waals surface area contributed by atoms with Crippen LogP contribution in [-0.4, -0.2) is 34.7 Å².